The molecule has 1 aromatic carbocycles. The van der Waals surface area contributed by atoms with E-state index in [0.29, 0.717) is 11.3 Å². The highest BCUT2D eigenvalue weighted by Gasteiger charge is 2.21. The molecule has 0 bridgehead atoms. The lowest BCUT2D eigenvalue weighted by Crippen LogP contribution is -2.35. The van der Waals surface area contributed by atoms with Gasteiger partial charge in [0, 0.05) is 23.6 Å². The molecule has 1 fully saturated rings. The molecule has 0 radical (unpaired) electrons. The zero-order valence-electron chi connectivity index (χ0n) is 7.86. The van der Waals surface area contributed by atoms with Gasteiger partial charge in [0.2, 0.25) is 0 Å². The first-order chi connectivity index (χ1) is 6.38. The van der Waals surface area contributed by atoms with Crippen LogP contribution in [0.4, 0.5) is 0 Å². The second-order valence-electron chi connectivity index (χ2n) is 3.42. The van der Waals surface area contributed by atoms with Gasteiger partial charge in [-0.1, -0.05) is 37.3 Å². The fourth-order valence-electron chi connectivity index (χ4n) is 1.77. The van der Waals surface area contributed by atoms with Crippen LogP contribution < -0.4 is 5.32 Å². The van der Waals surface area contributed by atoms with Gasteiger partial charge in [-0.2, -0.15) is 11.8 Å². The van der Waals surface area contributed by atoms with Gasteiger partial charge in [0.15, 0.2) is 0 Å². The Hall–Kier alpha value is -0.470. The molecular weight excluding hydrogens is 178 g/mol. The van der Waals surface area contributed by atoms with Crippen molar-refractivity contribution in [3.8, 4) is 0 Å². The Morgan fingerprint density at radius 3 is 2.77 bits per heavy atom. The largest absolute Gasteiger partial charge is 0.308 e. The normalized spacial score (nSPS) is 28.7. The summed E-state index contributed by atoms with van der Waals surface area (Å²) in [6.07, 6.45) is 0. The molecule has 2 heteroatoms. The topological polar surface area (TPSA) is 12.0 Å². The van der Waals surface area contributed by atoms with Crippen LogP contribution in [0.15, 0.2) is 30.3 Å². The van der Waals surface area contributed by atoms with Crippen LogP contribution in [0.2, 0.25) is 0 Å². The molecule has 0 amide bonds. The molecule has 2 atom stereocenters. The molecule has 0 spiro atoms. The fourth-order valence-corrected chi connectivity index (χ4v) is 2.82. The van der Waals surface area contributed by atoms with Gasteiger partial charge >= 0.3 is 0 Å². The Morgan fingerprint density at radius 1 is 1.31 bits per heavy atom. The van der Waals surface area contributed by atoms with Crippen LogP contribution in [0.25, 0.3) is 0 Å². The highest BCUT2D eigenvalue weighted by molar-refractivity contribution is 8.00. The van der Waals surface area contributed by atoms with Crippen molar-refractivity contribution in [1.82, 2.24) is 5.32 Å². The van der Waals surface area contributed by atoms with Gasteiger partial charge in [-0.25, -0.2) is 0 Å². The van der Waals surface area contributed by atoms with E-state index in [2.05, 4.69) is 54.3 Å². The monoisotopic (exact) mass is 193 g/mol. The maximum Gasteiger partial charge on any atom is 0.0438 e. The minimum Gasteiger partial charge on any atom is -0.308 e. The summed E-state index contributed by atoms with van der Waals surface area (Å²) < 4.78 is 0. The third kappa shape index (κ3) is 2.06. The van der Waals surface area contributed by atoms with Crippen molar-refractivity contribution in [2.24, 2.45) is 0 Å². The minimum absolute atomic E-state index is 0.542. The summed E-state index contributed by atoms with van der Waals surface area (Å²) >= 11 is 2.06. The van der Waals surface area contributed by atoms with E-state index in [1.54, 1.807) is 0 Å². The van der Waals surface area contributed by atoms with Crippen LogP contribution >= 0.6 is 11.8 Å². The molecular formula is C11H15NS. The standard InChI is InChI=1S/C11H15NS/c1-9-11(12-7-8-13-9)10-5-3-2-4-6-10/h2-6,9,11-12H,7-8H2,1H3/t9-,11-/m0/s1. The molecule has 70 valence electrons. The van der Waals surface area contributed by atoms with Gasteiger partial charge in [0.1, 0.15) is 0 Å². The Bertz CT molecular complexity index is 260. The van der Waals surface area contributed by atoms with E-state index >= 15 is 0 Å². The summed E-state index contributed by atoms with van der Waals surface area (Å²) in [4.78, 5) is 0. The van der Waals surface area contributed by atoms with Gasteiger partial charge in [0.05, 0.1) is 0 Å². The lowest BCUT2D eigenvalue weighted by atomic mass is 10.0. The summed E-state index contributed by atoms with van der Waals surface area (Å²) in [5.41, 5.74) is 1.42. The quantitative estimate of drug-likeness (QED) is 0.735. The second kappa shape index (κ2) is 4.16. The SMILES string of the molecule is C[C@@H]1SCCN[C@@H]1c1ccccc1. The Balaban J connectivity index is 2.15. The molecule has 1 nitrogen and oxygen atoms in total. The predicted octanol–water partition coefficient (Wildman–Crippen LogP) is 2.45. The zero-order valence-corrected chi connectivity index (χ0v) is 8.68. The van der Waals surface area contributed by atoms with E-state index in [1.807, 2.05) is 0 Å². The smallest absolute Gasteiger partial charge is 0.0438 e. The number of hydrogen-bond acceptors (Lipinski definition) is 2. The first kappa shape index (κ1) is 9.10. The third-order valence-corrected chi connectivity index (χ3v) is 3.71. The molecule has 0 aliphatic carbocycles. The van der Waals surface area contributed by atoms with Crippen molar-refractivity contribution < 1.29 is 0 Å². The van der Waals surface area contributed by atoms with Crippen molar-refractivity contribution in [3.63, 3.8) is 0 Å². The lowest BCUT2D eigenvalue weighted by Gasteiger charge is -2.29. The van der Waals surface area contributed by atoms with Crippen molar-refractivity contribution in [2.75, 3.05) is 12.3 Å². The van der Waals surface area contributed by atoms with Gasteiger partial charge in [-0.15, -0.1) is 0 Å². The molecule has 1 aromatic rings. The van der Waals surface area contributed by atoms with Crippen molar-refractivity contribution in [3.05, 3.63) is 35.9 Å². The predicted molar refractivity (Wildman–Crippen MR) is 59.1 cm³/mol. The van der Waals surface area contributed by atoms with Crippen molar-refractivity contribution >= 4 is 11.8 Å². The van der Waals surface area contributed by atoms with E-state index < -0.39 is 0 Å². The van der Waals surface area contributed by atoms with Crippen LogP contribution in [-0.2, 0) is 0 Å². The number of thioether (sulfide) groups is 1. The van der Waals surface area contributed by atoms with E-state index in [4.69, 9.17) is 0 Å². The van der Waals surface area contributed by atoms with Crippen molar-refractivity contribution in [2.45, 2.75) is 18.2 Å². The highest BCUT2D eigenvalue weighted by Crippen LogP contribution is 2.28. The van der Waals surface area contributed by atoms with Crippen LogP contribution in [0.3, 0.4) is 0 Å². The van der Waals surface area contributed by atoms with E-state index in [-0.39, 0.29) is 0 Å². The number of nitrogens with one attached hydrogen (secondary N) is 1. The van der Waals surface area contributed by atoms with E-state index in [0.717, 1.165) is 6.54 Å². The maximum atomic E-state index is 3.56. The summed E-state index contributed by atoms with van der Waals surface area (Å²) in [5, 5.41) is 4.26. The Kier molecular flexibility index (Phi) is 2.91. The highest BCUT2D eigenvalue weighted by atomic mass is 32.2. The van der Waals surface area contributed by atoms with Crippen LogP contribution in [0.1, 0.15) is 18.5 Å². The molecule has 2 rings (SSSR count). The Labute approximate surface area is 83.9 Å². The summed E-state index contributed by atoms with van der Waals surface area (Å²) in [6, 6.07) is 11.3. The van der Waals surface area contributed by atoms with Gasteiger partial charge < -0.3 is 5.32 Å². The van der Waals surface area contributed by atoms with Gasteiger partial charge in [0.25, 0.3) is 0 Å². The molecule has 1 saturated heterocycles. The number of rotatable bonds is 1. The molecule has 0 unspecified atom stereocenters. The first-order valence-electron chi connectivity index (χ1n) is 4.78. The average molecular weight is 193 g/mol. The van der Waals surface area contributed by atoms with Crippen LogP contribution in [-0.4, -0.2) is 17.5 Å². The molecule has 1 heterocycles. The maximum absolute atomic E-state index is 3.56. The van der Waals surface area contributed by atoms with E-state index in [1.165, 1.54) is 11.3 Å². The molecule has 0 aromatic heterocycles. The fraction of sp³-hybridized carbons (Fsp3) is 0.455. The molecule has 1 aliphatic rings. The summed E-state index contributed by atoms with van der Waals surface area (Å²) in [5.74, 6) is 1.24. The molecule has 1 N–H and O–H groups in total. The minimum atomic E-state index is 0.542. The van der Waals surface area contributed by atoms with Gasteiger partial charge in [-0.05, 0) is 5.56 Å². The first-order valence-corrected chi connectivity index (χ1v) is 5.83. The second-order valence-corrected chi connectivity index (χ2v) is 4.90. The van der Waals surface area contributed by atoms with Crippen molar-refractivity contribution in [1.29, 1.82) is 0 Å². The average Bonchev–Trinajstić information content (AvgIpc) is 2.20. The van der Waals surface area contributed by atoms with Crippen LogP contribution in [0, 0.1) is 0 Å². The molecule has 0 saturated carbocycles. The lowest BCUT2D eigenvalue weighted by molar-refractivity contribution is 0.535. The van der Waals surface area contributed by atoms with Crippen LogP contribution in [0.5, 0.6) is 0 Å². The summed E-state index contributed by atoms with van der Waals surface area (Å²) in [6.45, 7) is 3.43. The number of benzene rings is 1. The Morgan fingerprint density at radius 2 is 2.08 bits per heavy atom. The zero-order chi connectivity index (χ0) is 9.10. The molecule has 1 aliphatic heterocycles. The number of hydrogen-bond donors (Lipinski definition) is 1. The summed E-state index contributed by atoms with van der Waals surface area (Å²) in [7, 11) is 0. The third-order valence-electron chi connectivity index (χ3n) is 2.48. The van der Waals surface area contributed by atoms with E-state index in [9.17, 15) is 0 Å². The molecule has 13 heavy (non-hydrogen) atoms. The van der Waals surface area contributed by atoms with Gasteiger partial charge in [-0.3, -0.25) is 0 Å².